The van der Waals surface area contributed by atoms with Crippen molar-refractivity contribution in [2.24, 2.45) is 4.99 Å². The molecule has 1 aromatic carbocycles. The Morgan fingerprint density at radius 3 is 2.52 bits per heavy atom. The normalized spacial score (nSPS) is 15.9. The summed E-state index contributed by atoms with van der Waals surface area (Å²) in [6.07, 6.45) is 1.92. The molecule has 6 heteroatoms. The van der Waals surface area contributed by atoms with Crippen LogP contribution in [0.1, 0.15) is 32.3 Å². The molecule has 0 radical (unpaired) electrons. The van der Waals surface area contributed by atoms with E-state index in [4.69, 9.17) is 0 Å². The van der Waals surface area contributed by atoms with Gasteiger partial charge in [-0.3, -0.25) is 9.79 Å². The first-order valence-corrected chi connectivity index (χ1v) is 8.09. The minimum Gasteiger partial charge on any atom is -0.357 e. The number of nitrogens with zero attached hydrogens (tertiary/aromatic N) is 1. The van der Waals surface area contributed by atoms with Gasteiger partial charge in [0, 0.05) is 32.0 Å². The highest BCUT2D eigenvalue weighted by molar-refractivity contribution is 5.80. The number of guanidine groups is 1. The van der Waals surface area contributed by atoms with E-state index in [1.807, 2.05) is 19.1 Å². The van der Waals surface area contributed by atoms with E-state index in [0.717, 1.165) is 24.9 Å². The number of carbonyl (C=O) groups is 1. The summed E-state index contributed by atoms with van der Waals surface area (Å²) in [4.78, 5) is 15.4. The zero-order valence-corrected chi connectivity index (χ0v) is 13.8. The maximum absolute atomic E-state index is 14.0. The average Bonchev–Trinajstić information content (AvgIpc) is 3.30. The Labute approximate surface area is 136 Å². The number of amides is 1. The van der Waals surface area contributed by atoms with E-state index in [1.165, 1.54) is 13.0 Å². The molecule has 0 bridgehead atoms. The highest BCUT2D eigenvalue weighted by atomic mass is 19.1. The summed E-state index contributed by atoms with van der Waals surface area (Å²) in [5.41, 5.74) is 0.601. The second-order valence-corrected chi connectivity index (χ2v) is 5.87. The molecular weight excluding hydrogens is 295 g/mol. The van der Waals surface area contributed by atoms with E-state index in [1.54, 1.807) is 6.07 Å². The molecule has 0 aromatic heterocycles. The van der Waals surface area contributed by atoms with Gasteiger partial charge in [-0.15, -0.1) is 0 Å². The maximum atomic E-state index is 14.0. The zero-order chi connectivity index (χ0) is 16.7. The third-order valence-corrected chi connectivity index (χ3v) is 3.97. The molecule has 1 saturated carbocycles. The molecule has 2 rings (SSSR count). The summed E-state index contributed by atoms with van der Waals surface area (Å²) < 4.78 is 14.0. The lowest BCUT2D eigenvalue weighted by Crippen LogP contribution is -2.41. The minimum atomic E-state index is -0.161. The van der Waals surface area contributed by atoms with Gasteiger partial charge in [-0.25, -0.2) is 4.39 Å². The third kappa shape index (κ3) is 4.94. The van der Waals surface area contributed by atoms with Crippen LogP contribution in [-0.4, -0.2) is 38.0 Å². The Bertz CT molecular complexity index is 569. The average molecular weight is 320 g/mol. The number of aliphatic imine (C=N–C) groups is 1. The Kier molecular flexibility index (Phi) is 5.96. The monoisotopic (exact) mass is 320 g/mol. The summed E-state index contributed by atoms with van der Waals surface area (Å²) in [5.74, 6) is 0.495. The second-order valence-electron chi connectivity index (χ2n) is 5.87. The van der Waals surface area contributed by atoms with Gasteiger partial charge in [-0.05, 0) is 31.4 Å². The molecule has 0 heterocycles. The van der Waals surface area contributed by atoms with Gasteiger partial charge in [0.25, 0.3) is 0 Å². The molecule has 0 spiro atoms. The van der Waals surface area contributed by atoms with Gasteiger partial charge in [0.15, 0.2) is 5.96 Å². The van der Waals surface area contributed by atoms with Crippen LogP contribution in [-0.2, 0) is 10.2 Å². The predicted octanol–water partition coefficient (Wildman–Crippen LogP) is 1.55. The summed E-state index contributed by atoms with van der Waals surface area (Å²) in [6.45, 7) is 5.93. The minimum absolute atomic E-state index is 0.0507. The Balaban J connectivity index is 1.94. The van der Waals surface area contributed by atoms with E-state index in [-0.39, 0.29) is 17.1 Å². The molecule has 1 amide bonds. The zero-order valence-electron chi connectivity index (χ0n) is 13.8. The van der Waals surface area contributed by atoms with E-state index >= 15 is 0 Å². The van der Waals surface area contributed by atoms with Gasteiger partial charge in [-0.2, -0.15) is 0 Å². The van der Waals surface area contributed by atoms with Crippen molar-refractivity contribution < 1.29 is 9.18 Å². The van der Waals surface area contributed by atoms with E-state index in [2.05, 4.69) is 20.9 Å². The number of hydrogen-bond donors (Lipinski definition) is 3. The topological polar surface area (TPSA) is 65.5 Å². The van der Waals surface area contributed by atoms with Crippen molar-refractivity contribution in [1.29, 1.82) is 0 Å². The molecule has 126 valence electrons. The van der Waals surface area contributed by atoms with Crippen LogP contribution < -0.4 is 16.0 Å². The summed E-state index contributed by atoms with van der Waals surface area (Å²) in [7, 11) is 0. The van der Waals surface area contributed by atoms with Gasteiger partial charge in [0.2, 0.25) is 5.91 Å². The smallest absolute Gasteiger partial charge is 0.216 e. The van der Waals surface area contributed by atoms with Crippen molar-refractivity contribution in [3.05, 3.63) is 35.6 Å². The van der Waals surface area contributed by atoms with Crippen LogP contribution in [0.5, 0.6) is 0 Å². The van der Waals surface area contributed by atoms with E-state index in [0.29, 0.717) is 25.6 Å². The molecule has 0 aliphatic heterocycles. The third-order valence-electron chi connectivity index (χ3n) is 3.97. The van der Waals surface area contributed by atoms with Crippen molar-refractivity contribution >= 4 is 11.9 Å². The van der Waals surface area contributed by atoms with Gasteiger partial charge in [0.1, 0.15) is 5.82 Å². The fourth-order valence-corrected chi connectivity index (χ4v) is 2.55. The van der Waals surface area contributed by atoms with Crippen molar-refractivity contribution in [3.63, 3.8) is 0 Å². The van der Waals surface area contributed by atoms with Crippen LogP contribution in [0.3, 0.4) is 0 Å². The predicted molar refractivity (Wildman–Crippen MR) is 90.0 cm³/mol. The fraction of sp³-hybridized carbons (Fsp3) is 0.529. The molecule has 3 N–H and O–H groups in total. The molecule has 0 saturated heterocycles. The number of rotatable bonds is 7. The molecule has 23 heavy (non-hydrogen) atoms. The highest BCUT2D eigenvalue weighted by Crippen LogP contribution is 2.49. The number of hydrogen-bond acceptors (Lipinski definition) is 2. The quantitative estimate of drug-likeness (QED) is 0.406. The summed E-state index contributed by atoms with van der Waals surface area (Å²) in [5, 5.41) is 9.07. The number of halogens is 1. The lowest BCUT2D eigenvalue weighted by molar-refractivity contribution is -0.118. The maximum Gasteiger partial charge on any atom is 0.216 e. The first-order chi connectivity index (χ1) is 11.1. The number of nitrogens with one attached hydrogen (secondary N) is 3. The SMILES string of the molecule is CCNC(=NCC1(c2ccccc2F)CC1)NCCNC(C)=O. The van der Waals surface area contributed by atoms with Crippen LogP contribution >= 0.6 is 0 Å². The largest absolute Gasteiger partial charge is 0.357 e. The molecule has 0 unspecified atom stereocenters. The van der Waals surface area contributed by atoms with E-state index in [9.17, 15) is 9.18 Å². The summed E-state index contributed by atoms with van der Waals surface area (Å²) in [6, 6.07) is 6.95. The van der Waals surface area contributed by atoms with Gasteiger partial charge >= 0.3 is 0 Å². The molecular formula is C17H25FN4O. The Hall–Kier alpha value is -2.11. The van der Waals surface area contributed by atoms with Crippen molar-refractivity contribution in [1.82, 2.24) is 16.0 Å². The van der Waals surface area contributed by atoms with Crippen molar-refractivity contribution in [2.45, 2.75) is 32.1 Å². The molecule has 1 aliphatic rings. The molecule has 1 aromatic rings. The molecule has 1 aliphatic carbocycles. The van der Waals surface area contributed by atoms with Crippen LogP contribution in [0.2, 0.25) is 0 Å². The van der Waals surface area contributed by atoms with Crippen LogP contribution in [0.15, 0.2) is 29.3 Å². The molecule has 5 nitrogen and oxygen atoms in total. The van der Waals surface area contributed by atoms with Crippen LogP contribution in [0.25, 0.3) is 0 Å². The second kappa shape index (κ2) is 7.94. The van der Waals surface area contributed by atoms with Crippen molar-refractivity contribution in [3.8, 4) is 0 Å². The van der Waals surface area contributed by atoms with Crippen molar-refractivity contribution in [2.75, 3.05) is 26.2 Å². The molecule has 0 atom stereocenters. The number of benzene rings is 1. The first kappa shape index (κ1) is 17.2. The fourth-order valence-electron chi connectivity index (χ4n) is 2.55. The highest BCUT2D eigenvalue weighted by Gasteiger charge is 2.45. The first-order valence-electron chi connectivity index (χ1n) is 8.09. The Morgan fingerprint density at radius 2 is 1.91 bits per heavy atom. The lowest BCUT2D eigenvalue weighted by Gasteiger charge is -2.16. The van der Waals surface area contributed by atoms with Crippen LogP contribution in [0.4, 0.5) is 4.39 Å². The standard InChI is InChI=1S/C17H25FN4O/c1-3-19-16(21-11-10-20-13(2)23)22-12-17(8-9-17)14-6-4-5-7-15(14)18/h4-7H,3,8-12H2,1-2H3,(H,20,23)(H2,19,21,22). The van der Waals surface area contributed by atoms with Gasteiger partial charge < -0.3 is 16.0 Å². The Morgan fingerprint density at radius 1 is 1.22 bits per heavy atom. The summed E-state index contributed by atoms with van der Waals surface area (Å²) >= 11 is 0. The van der Waals surface area contributed by atoms with Gasteiger partial charge in [-0.1, -0.05) is 18.2 Å². The van der Waals surface area contributed by atoms with E-state index < -0.39 is 0 Å². The van der Waals surface area contributed by atoms with Gasteiger partial charge in [0.05, 0.1) is 6.54 Å². The lowest BCUT2D eigenvalue weighted by atomic mass is 9.95. The molecule has 1 fully saturated rings. The van der Waals surface area contributed by atoms with Crippen LogP contribution in [0, 0.1) is 5.82 Å². The number of carbonyl (C=O) groups excluding carboxylic acids is 1.